The van der Waals surface area contributed by atoms with Crippen molar-refractivity contribution in [2.75, 3.05) is 34.9 Å². The standard InChI is InChI=1S/C21H23ClN10O3/c1-10(26-17-12(9-23)16(24)29-20(25)30-17)18-28-14-4-2-3-13(22)15(14)19(33)32(18)31-7-5-11(6-8-31)27-21(34)35/h2-4,10-11,27H,5-8H2,1H3,(H,34,35)(H5,24,25,26,29,30). The minimum atomic E-state index is -1.09. The lowest BCUT2D eigenvalue weighted by Crippen LogP contribution is -2.53. The van der Waals surface area contributed by atoms with Gasteiger partial charge in [0.1, 0.15) is 17.5 Å². The lowest BCUT2D eigenvalue weighted by atomic mass is 10.1. The number of anilines is 3. The molecule has 1 amide bonds. The van der Waals surface area contributed by atoms with E-state index in [-0.39, 0.29) is 45.2 Å². The van der Waals surface area contributed by atoms with Crippen molar-refractivity contribution in [3.05, 3.63) is 45.0 Å². The van der Waals surface area contributed by atoms with Crippen molar-refractivity contribution in [2.45, 2.75) is 31.8 Å². The summed E-state index contributed by atoms with van der Waals surface area (Å²) in [7, 11) is 0. The summed E-state index contributed by atoms with van der Waals surface area (Å²) in [6, 6.07) is 6.12. The van der Waals surface area contributed by atoms with E-state index in [2.05, 4.69) is 20.6 Å². The zero-order valence-corrected chi connectivity index (χ0v) is 19.5. The molecule has 1 unspecified atom stereocenters. The number of nitrogens with one attached hydrogen (secondary N) is 2. The maximum atomic E-state index is 13.7. The maximum Gasteiger partial charge on any atom is 0.404 e. The Hall–Kier alpha value is -4.31. The number of rotatable bonds is 5. The zero-order chi connectivity index (χ0) is 25.3. The molecule has 1 aromatic carbocycles. The van der Waals surface area contributed by atoms with Crippen LogP contribution in [0.25, 0.3) is 10.9 Å². The van der Waals surface area contributed by atoms with Crippen LogP contribution in [-0.2, 0) is 0 Å². The first kappa shape index (κ1) is 23.8. The average Bonchev–Trinajstić information content (AvgIpc) is 2.79. The highest BCUT2D eigenvalue weighted by atomic mass is 35.5. The van der Waals surface area contributed by atoms with Crippen LogP contribution in [0.4, 0.5) is 22.4 Å². The summed E-state index contributed by atoms with van der Waals surface area (Å²) in [6.45, 7) is 2.56. The molecule has 35 heavy (non-hydrogen) atoms. The van der Waals surface area contributed by atoms with Crippen LogP contribution in [0.2, 0.25) is 5.02 Å². The smallest absolute Gasteiger partial charge is 0.404 e. The van der Waals surface area contributed by atoms with Gasteiger partial charge in [0.05, 0.1) is 22.0 Å². The van der Waals surface area contributed by atoms with Crippen molar-refractivity contribution in [3.63, 3.8) is 0 Å². The SMILES string of the molecule is CC(Nc1nc(N)nc(N)c1C#N)c1nc2cccc(Cl)c2c(=O)n1N1CCC(NC(=O)O)CC1. The van der Waals surface area contributed by atoms with Gasteiger partial charge in [-0.1, -0.05) is 17.7 Å². The van der Waals surface area contributed by atoms with Gasteiger partial charge in [0.15, 0.2) is 11.6 Å². The molecule has 0 bridgehead atoms. The molecular formula is C21H23ClN10O3. The summed E-state index contributed by atoms with van der Waals surface area (Å²) in [6.07, 6.45) is -0.0917. The Morgan fingerprint density at radius 1 is 1.29 bits per heavy atom. The molecule has 182 valence electrons. The number of hydrogen-bond acceptors (Lipinski definition) is 10. The van der Waals surface area contributed by atoms with E-state index in [0.29, 0.717) is 37.3 Å². The van der Waals surface area contributed by atoms with Gasteiger partial charge in [-0.15, -0.1) is 0 Å². The lowest BCUT2D eigenvalue weighted by molar-refractivity contribution is 0.186. The van der Waals surface area contributed by atoms with E-state index in [0.717, 1.165) is 0 Å². The van der Waals surface area contributed by atoms with Crippen molar-refractivity contribution in [1.29, 1.82) is 5.26 Å². The predicted molar refractivity (Wildman–Crippen MR) is 131 cm³/mol. The van der Waals surface area contributed by atoms with Gasteiger partial charge in [0.25, 0.3) is 5.56 Å². The fourth-order valence-corrected chi connectivity index (χ4v) is 4.37. The van der Waals surface area contributed by atoms with Crippen LogP contribution >= 0.6 is 11.6 Å². The molecular weight excluding hydrogens is 476 g/mol. The number of fused-ring (bicyclic) bond motifs is 1. The van der Waals surface area contributed by atoms with E-state index in [1.165, 1.54) is 4.68 Å². The van der Waals surface area contributed by atoms with Crippen LogP contribution in [0.5, 0.6) is 0 Å². The maximum absolute atomic E-state index is 13.7. The highest BCUT2D eigenvalue weighted by Crippen LogP contribution is 2.26. The van der Waals surface area contributed by atoms with Gasteiger partial charge in [-0.25, -0.2) is 14.5 Å². The third-order valence-corrected chi connectivity index (χ3v) is 6.05. The quantitative estimate of drug-likeness (QED) is 0.340. The number of aromatic nitrogens is 4. The van der Waals surface area contributed by atoms with Gasteiger partial charge in [-0.3, -0.25) is 4.79 Å². The Bertz CT molecular complexity index is 1390. The van der Waals surface area contributed by atoms with E-state index in [4.69, 9.17) is 33.2 Å². The molecule has 14 heteroatoms. The molecule has 7 N–H and O–H groups in total. The van der Waals surface area contributed by atoms with Gasteiger partial charge in [0, 0.05) is 19.1 Å². The number of hydrogen-bond donors (Lipinski definition) is 5. The van der Waals surface area contributed by atoms with Crippen molar-refractivity contribution >= 4 is 46.2 Å². The normalized spacial score (nSPS) is 14.9. The number of amides is 1. The van der Waals surface area contributed by atoms with E-state index < -0.39 is 12.1 Å². The van der Waals surface area contributed by atoms with Crippen LogP contribution in [0.15, 0.2) is 23.0 Å². The molecule has 0 spiro atoms. The van der Waals surface area contributed by atoms with Crippen molar-refractivity contribution < 1.29 is 9.90 Å². The highest BCUT2D eigenvalue weighted by molar-refractivity contribution is 6.35. The number of halogens is 1. The second-order valence-corrected chi connectivity index (χ2v) is 8.47. The average molecular weight is 499 g/mol. The first-order valence-electron chi connectivity index (χ1n) is 10.7. The zero-order valence-electron chi connectivity index (χ0n) is 18.7. The summed E-state index contributed by atoms with van der Waals surface area (Å²) in [4.78, 5) is 37.3. The molecule has 1 aliphatic rings. The first-order chi connectivity index (χ1) is 16.7. The topological polar surface area (TPSA) is 201 Å². The van der Waals surface area contributed by atoms with Crippen molar-refractivity contribution in [2.24, 2.45) is 0 Å². The molecule has 1 atom stereocenters. The van der Waals surface area contributed by atoms with Gasteiger partial charge in [-0.05, 0) is 31.9 Å². The number of piperidine rings is 1. The third-order valence-electron chi connectivity index (χ3n) is 5.74. The van der Waals surface area contributed by atoms with Crippen LogP contribution in [0.1, 0.15) is 37.2 Å². The van der Waals surface area contributed by atoms with E-state index in [1.54, 1.807) is 30.1 Å². The molecule has 0 radical (unpaired) electrons. The Kier molecular flexibility index (Phi) is 6.48. The van der Waals surface area contributed by atoms with Gasteiger partial charge < -0.3 is 32.2 Å². The minimum absolute atomic E-state index is 0.0179. The third kappa shape index (κ3) is 4.69. The van der Waals surface area contributed by atoms with Crippen LogP contribution in [0.3, 0.4) is 0 Å². The number of nitrogens with zero attached hydrogens (tertiary/aromatic N) is 6. The Morgan fingerprint density at radius 3 is 2.66 bits per heavy atom. The van der Waals surface area contributed by atoms with Gasteiger partial charge in [-0.2, -0.15) is 15.2 Å². The molecule has 0 saturated carbocycles. The fraction of sp³-hybridized carbons (Fsp3) is 0.333. The second-order valence-electron chi connectivity index (χ2n) is 8.07. The number of nitriles is 1. The first-order valence-corrected chi connectivity index (χ1v) is 11.1. The molecule has 1 aliphatic heterocycles. The molecule has 2 aromatic heterocycles. The number of nitrogen functional groups attached to an aromatic ring is 2. The van der Waals surface area contributed by atoms with Crippen LogP contribution < -0.4 is 32.7 Å². The summed E-state index contributed by atoms with van der Waals surface area (Å²) in [5.74, 6) is 0.272. The minimum Gasteiger partial charge on any atom is -0.465 e. The molecule has 1 fully saturated rings. The number of nitrogens with two attached hydrogens (primary N) is 2. The Balaban J connectivity index is 1.78. The number of carbonyl (C=O) groups is 1. The summed E-state index contributed by atoms with van der Waals surface area (Å²) >= 11 is 6.35. The molecule has 1 saturated heterocycles. The lowest BCUT2D eigenvalue weighted by Gasteiger charge is -2.36. The predicted octanol–water partition coefficient (Wildman–Crippen LogP) is 1.42. The monoisotopic (exact) mass is 498 g/mol. The molecule has 13 nitrogen and oxygen atoms in total. The van der Waals surface area contributed by atoms with Gasteiger partial charge in [0.2, 0.25) is 5.95 Å². The van der Waals surface area contributed by atoms with Gasteiger partial charge >= 0.3 is 6.09 Å². The summed E-state index contributed by atoms with van der Waals surface area (Å²) < 4.78 is 1.45. The number of carboxylic acid groups (broad SMARTS) is 1. The Labute approximate surface area is 204 Å². The van der Waals surface area contributed by atoms with Crippen LogP contribution in [-0.4, -0.2) is 50.0 Å². The fourth-order valence-electron chi connectivity index (χ4n) is 4.12. The summed E-state index contributed by atoms with van der Waals surface area (Å²) in [5.41, 5.74) is 11.6. The molecule has 3 heterocycles. The summed E-state index contributed by atoms with van der Waals surface area (Å²) in [5, 5.41) is 26.4. The molecule has 3 aromatic rings. The van der Waals surface area contributed by atoms with Crippen molar-refractivity contribution in [1.82, 2.24) is 24.9 Å². The van der Waals surface area contributed by atoms with E-state index >= 15 is 0 Å². The molecule has 4 rings (SSSR count). The molecule has 0 aliphatic carbocycles. The number of benzene rings is 1. The van der Waals surface area contributed by atoms with E-state index in [1.807, 2.05) is 6.07 Å². The Morgan fingerprint density at radius 2 is 2.00 bits per heavy atom. The largest absolute Gasteiger partial charge is 0.465 e. The second kappa shape index (κ2) is 9.51. The highest BCUT2D eigenvalue weighted by Gasteiger charge is 2.27. The van der Waals surface area contributed by atoms with E-state index in [9.17, 15) is 14.9 Å². The van der Waals surface area contributed by atoms with Crippen LogP contribution in [0, 0.1) is 11.3 Å². The van der Waals surface area contributed by atoms with Crippen molar-refractivity contribution in [3.8, 4) is 6.07 Å².